The number of benzene rings is 1. The van der Waals surface area contributed by atoms with Crippen LogP contribution in [0.5, 0.6) is 5.75 Å². The SMILES string of the molecule is CCOc1ccc(C(O)COC(C)C)cc1. The van der Waals surface area contributed by atoms with Gasteiger partial charge in [-0.3, -0.25) is 0 Å². The Morgan fingerprint density at radius 3 is 2.31 bits per heavy atom. The quantitative estimate of drug-likeness (QED) is 0.807. The number of hydrogen-bond acceptors (Lipinski definition) is 3. The summed E-state index contributed by atoms with van der Waals surface area (Å²) < 4.78 is 10.7. The van der Waals surface area contributed by atoms with Gasteiger partial charge in [-0.15, -0.1) is 0 Å². The third kappa shape index (κ3) is 4.21. The van der Waals surface area contributed by atoms with Gasteiger partial charge in [0.05, 0.1) is 19.3 Å². The topological polar surface area (TPSA) is 38.7 Å². The van der Waals surface area contributed by atoms with E-state index in [1.54, 1.807) is 0 Å². The first kappa shape index (κ1) is 13.0. The van der Waals surface area contributed by atoms with Crippen LogP contribution in [0.2, 0.25) is 0 Å². The van der Waals surface area contributed by atoms with E-state index in [0.717, 1.165) is 11.3 Å². The molecule has 0 radical (unpaired) electrons. The molecule has 0 fully saturated rings. The average molecular weight is 224 g/mol. The Kier molecular flexibility index (Phi) is 5.29. The smallest absolute Gasteiger partial charge is 0.119 e. The van der Waals surface area contributed by atoms with Gasteiger partial charge in [0.15, 0.2) is 0 Å². The highest BCUT2D eigenvalue weighted by Crippen LogP contribution is 2.18. The standard InChI is InChI=1S/C13H20O3/c1-4-15-12-7-5-11(6-8-12)13(14)9-16-10(2)3/h5-8,10,13-14H,4,9H2,1-3H3. The first-order chi connectivity index (χ1) is 7.63. The Balaban J connectivity index is 2.52. The van der Waals surface area contributed by atoms with Crippen molar-refractivity contribution in [3.63, 3.8) is 0 Å². The Morgan fingerprint density at radius 1 is 1.19 bits per heavy atom. The van der Waals surface area contributed by atoms with E-state index in [-0.39, 0.29) is 6.10 Å². The summed E-state index contributed by atoms with van der Waals surface area (Å²) in [5.74, 6) is 0.822. The van der Waals surface area contributed by atoms with Crippen LogP contribution in [0.25, 0.3) is 0 Å². The molecule has 0 heterocycles. The lowest BCUT2D eigenvalue weighted by molar-refractivity contribution is 0.00491. The summed E-state index contributed by atoms with van der Waals surface area (Å²) in [5, 5.41) is 9.82. The zero-order valence-electron chi connectivity index (χ0n) is 10.1. The molecule has 1 N–H and O–H groups in total. The number of hydrogen-bond donors (Lipinski definition) is 1. The number of ether oxygens (including phenoxy) is 2. The molecule has 0 aliphatic carbocycles. The molecule has 0 spiro atoms. The summed E-state index contributed by atoms with van der Waals surface area (Å²) >= 11 is 0. The van der Waals surface area contributed by atoms with Gasteiger partial charge in [-0.2, -0.15) is 0 Å². The van der Waals surface area contributed by atoms with Crippen LogP contribution < -0.4 is 4.74 Å². The number of aliphatic hydroxyl groups excluding tert-OH is 1. The minimum absolute atomic E-state index is 0.136. The second-order valence-electron chi connectivity index (χ2n) is 3.90. The molecule has 0 saturated carbocycles. The van der Waals surface area contributed by atoms with Gasteiger partial charge in [-0.1, -0.05) is 12.1 Å². The molecule has 0 aliphatic rings. The summed E-state index contributed by atoms with van der Waals surface area (Å²) in [6.07, 6.45) is -0.435. The highest BCUT2D eigenvalue weighted by atomic mass is 16.5. The Labute approximate surface area is 97.0 Å². The molecule has 1 aromatic rings. The average Bonchev–Trinajstić information content (AvgIpc) is 2.27. The van der Waals surface area contributed by atoms with E-state index in [4.69, 9.17) is 9.47 Å². The molecule has 1 aromatic carbocycles. The highest BCUT2D eigenvalue weighted by molar-refractivity contribution is 5.28. The van der Waals surface area contributed by atoms with Crippen LogP contribution in [0.4, 0.5) is 0 Å². The molecule has 3 nitrogen and oxygen atoms in total. The first-order valence-corrected chi connectivity index (χ1v) is 5.66. The van der Waals surface area contributed by atoms with Crippen LogP contribution in [-0.4, -0.2) is 24.4 Å². The molecule has 1 unspecified atom stereocenters. The van der Waals surface area contributed by atoms with Crippen molar-refractivity contribution in [1.29, 1.82) is 0 Å². The van der Waals surface area contributed by atoms with Crippen LogP contribution in [-0.2, 0) is 4.74 Å². The molecule has 1 atom stereocenters. The molecule has 16 heavy (non-hydrogen) atoms. The zero-order chi connectivity index (χ0) is 12.0. The maximum atomic E-state index is 9.82. The summed E-state index contributed by atoms with van der Waals surface area (Å²) in [6, 6.07) is 7.44. The molecular weight excluding hydrogens is 204 g/mol. The lowest BCUT2D eigenvalue weighted by Gasteiger charge is -2.14. The van der Waals surface area contributed by atoms with E-state index in [0.29, 0.717) is 13.2 Å². The lowest BCUT2D eigenvalue weighted by Crippen LogP contribution is -2.11. The minimum atomic E-state index is -0.571. The fraction of sp³-hybridized carbons (Fsp3) is 0.538. The van der Waals surface area contributed by atoms with Gasteiger partial charge in [0.1, 0.15) is 11.9 Å². The number of aliphatic hydroxyl groups is 1. The van der Waals surface area contributed by atoms with Crippen molar-refractivity contribution in [3.05, 3.63) is 29.8 Å². The van der Waals surface area contributed by atoms with Crippen molar-refractivity contribution >= 4 is 0 Å². The van der Waals surface area contributed by atoms with Crippen LogP contribution in [0, 0.1) is 0 Å². The van der Waals surface area contributed by atoms with E-state index < -0.39 is 6.10 Å². The van der Waals surface area contributed by atoms with E-state index >= 15 is 0 Å². The molecule has 1 rings (SSSR count). The molecule has 0 amide bonds. The maximum absolute atomic E-state index is 9.82. The van der Waals surface area contributed by atoms with Gasteiger partial charge < -0.3 is 14.6 Å². The predicted octanol–water partition coefficient (Wildman–Crippen LogP) is 2.54. The van der Waals surface area contributed by atoms with E-state index in [1.165, 1.54) is 0 Å². The van der Waals surface area contributed by atoms with Crippen molar-refractivity contribution in [1.82, 2.24) is 0 Å². The minimum Gasteiger partial charge on any atom is -0.494 e. The van der Waals surface area contributed by atoms with Crippen LogP contribution in [0.3, 0.4) is 0 Å². The Morgan fingerprint density at radius 2 is 1.81 bits per heavy atom. The van der Waals surface area contributed by atoms with E-state index in [1.807, 2.05) is 45.0 Å². The van der Waals surface area contributed by atoms with Gasteiger partial charge in [0.2, 0.25) is 0 Å². The van der Waals surface area contributed by atoms with E-state index in [2.05, 4.69) is 0 Å². The van der Waals surface area contributed by atoms with Crippen molar-refractivity contribution in [2.24, 2.45) is 0 Å². The first-order valence-electron chi connectivity index (χ1n) is 5.66. The van der Waals surface area contributed by atoms with Crippen molar-refractivity contribution in [3.8, 4) is 5.75 Å². The summed E-state index contributed by atoms with van der Waals surface area (Å²) in [4.78, 5) is 0. The van der Waals surface area contributed by atoms with Gasteiger partial charge >= 0.3 is 0 Å². The Hall–Kier alpha value is -1.06. The molecule has 0 saturated heterocycles. The zero-order valence-corrected chi connectivity index (χ0v) is 10.1. The third-order valence-corrected chi connectivity index (χ3v) is 2.16. The summed E-state index contributed by atoms with van der Waals surface area (Å²) in [6.45, 7) is 6.82. The number of rotatable bonds is 6. The predicted molar refractivity (Wildman–Crippen MR) is 63.7 cm³/mol. The second kappa shape index (κ2) is 6.51. The third-order valence-electron chi connectivity index (χ3n) is 2.16. The fourth-order valence-corrected chi connectivity index (χ4v) is 1.33. The molecule has 3 heteroatoms. The van der Waals surface area contributed by atoms with Crippen LogP contribution in [0.15, 0.2) is 24.3 Å². The van der Waals surface area contributed by atoms with Gasteiger partial charge in [0.25, 0.3) is 0 Å². The van der Waals surface area contributed by atoms with Gasteiger partial charge in [-0.25, -0.2) is 0 Å². The van der Waals surface area contributed by atoms with Crippen molar-refractivity contribution in [2.75, 3.05) is 13.2 Å². The molecule has 0 aromatic heterocycles. The molecule has 0 aliphatic heterocycles. The highest BCUT2D eigenvalue weighted by Gasteiger charge is 2.08. The van der Waals surface area contributed by atoms with Crippen LogP contribution >= 0.6 is 0 Å². The van der Waals surface area contributed by atoms with Crippen molar-refractivity contribution in [2.45, 2.75) is 33.0 Å². The lowest BCUT2D eigenvalue weighted by atomic mass is 10.1. The fourth-order valence-electron chi connectivity index (χ4n) is 1.33. The van der Waals surface area contributed by atoms with Gasteiger partial charge in [0, 0.05) is 0 Å². The maximum Gasteiger partial charge on any atom is 0.119 e. The summed E-state index contributed by atoms with van der Waals surface area (Å²) in [7, 11) is 0. The monoisotopic (exact) mass is 224 g/mol. The second-order valence-corrected chi connectivity index (χ2v) is 3.90. The van der Waals surface area contributed by atoms with Crippen molar-refractivity contribution < 1.29 is 14.6 Å². The van der Waals surface area contributed by atoms with Gasteiger partial charge in [-0.05, 0) is 38.5 Å². The summed E-state index contributed by atoms with van der Waals surface area (Å²) in [5.41, 5.74) is 0.851. The normalized spacial score (nSPS) is 12.8. The molecule has 90 valence electrons. The van der Waals surface area contributed by atoms with Crippen LogP contribution in [0.1, 0.15) is 32.4 Å². The molecule has 0 bridgehead atoms. The Bertz CT molecular complexity index is 293. The molecular formula is C13H20O3. The largest absolute Gasteiger partial charge is 0.494 e. The van der Waals surface area contributed by atoms with E-state index in [9.17, 15) is 5.11 Å².